The molecule has 13 heavy (non-hydrogen) atoms. The van der Waals surface area contributed by atoms with Crippen LogP contribution in [0, 0.1) is 11.8 Å². The highest BCUT2D eigenvalue weighted by atomic mass is 16.3. The van der Waals surface area contributed by atoms with Crippen molar-refractivity contribution in [1.82, 2.24) is 0 Å². The topological polar surface area (TPSA) is 54.4 Å². The standard InChI is InChI=1S/C10H18O3/c1-7(2)4-8(3)10(13)5-9(12)6-11/h6-8,10,13H,4-5H2,1-3H3. The number of aliphatic hydroxyl groups is 1. The molecule has 0 aliphatic rings. The van der Waals surface area contributed by atoms with Crippen LogP contribution < -0.4 is 0 Å². The first kappa shape index (κ1) is 12.3. The number of Topliss-reactive ketones (excluding diaryl/α,β-unsaturated/α-hetero) is 1. The quantitative estimate of drug-likeness (QED) is 0.500. The fourth-order valence-corrected chi connectivity index (χ4v) is 1.36. The molecule has 2 unspecified atom stereocenters. The van der Waals surface area contributed by atoms with E-state index in [0.29, 0.717) is 5.92 Å². The number of carbonyl (C=O) groups excluding carboxylic acids is 2. The van der Waals surface area contributed by atoms with Crippen LogP contribution in [0.25, 0.3) is 0 Å². The molecule has 0 rings (SSSR count). The predicted octanol–water partition coefficient (Wildman–Crippen LogP) is 1.19. The highest BCUT2D eigenvalue weighted by Gasteiger charge is 2.18. The number of aliphatic hydroxyl groups excluding tert-OH is 1. The summed E-state index contributed by atoms with van der Waals surface area (Å²) in [6, 6.07) is 0. The van der Waals surface area contributed by atoms with Gasteiger partial charge in [0.05, 0.1) is 6.10 Å². The van der Waals surface area contributed by atoms with E-state index in [4.69, 9.17) is 0 Å². The molecular formula is C10H18O3. The number of hydrogen-bond acceptors (Lipinski definition) is 3. The Kier molecular flexibility index (Phi) is 5.55. The van der Waals surface area contributed by atoms with Gasteiger partial charge in [0.25, 0.3) is 0 Å². The summed E-state index contributed by atoms with van der Waals surface area (Å²) >= 11 is 0. The van der Waals surface area contributed by atoms with Crippen molar-refractivity contribution in [1.29, 1.82) is 0 Å². The molecule has 3 heteroatoms. The Morgan fingerprint density at radius 2 is 1.92 bits per heavy atom. The highest BCUT2D eigenvalue weighted by Crippen LogP contribution is 2.16. The Bertz CT molecular complexity index is 175. The van der Waals surface area contributed by atoms with Gasteiger partial charge in [-0.25, -0.2) is 0 Å². The van der Waals surface area contributed by atoms with Crippen LogP contribution in [0.5, 0.6) is 0 Å². The van der Waals surface area contributed by atoms with Crippen molar-refractivity contribution in [3.8, 4) is 0 Å². The maximum atomic E-state index is 10.7. The average Bonchev–Trinajstić information content (AvgIpc) is 2.02. The minimum atomic E-state index is -0.680. The van der Waals surface area contributed by atoms with Crippen LogP contribution in [0.2, 0.25) is 0 Å². The van der Waals surface area contributed by atoms with Crippen LogP contribution in [0.15, 0.2) is 0 Å². The van der Waals surface area contributed by atoms with E-state index in [-0.39, 0.29) is 18.6 Å². The first-order valence-electron chi connectivity index (χ1n) is 4.63. The van der Waals surface area contributed by atoms with Crippen molar-refractivity contribution in [3.05, 3.63) is 0 Å². The average molecular weight is 186 g/mol. The van der Waals surface area contributed by atoms with E-state index in [9.17, 15) is 14.7 Å². The second-order valence-corrected chi connectivity index (χ2v) is 3.96. The van der Waals surface area contributed by atoms with Crippen LogP contribution in [-0.2, 0) is 9.59 Å². The summed E-state index contributed by atoms with van der Waals surface area (Å²) < 4.78 is 0. The molecule has 76 valence electrons. The second-order valence-electron chi connectivity index (χ2n) is 3.96. The SMILES string of the molecule is CC(C)CC(C)C(O)CC(=O)C=O. The van der Waals surface area contributed by atoms with Gasteiger partial charge in [0.1, 0.15) is 0 Å². The monoisotopic (exact) mass is 186 g/mol. The lowest BCUT2D eigenvalue weighted by Gasteiger charge is -2.18. The Morgan fingerprint density at radius 1 is 1.38 bits per heavy atom. The van der Waals surface area contributed by atoms with Gasteiger partial charge in [-0.05, 0) is 18.3 Å². The van der Waals surface area contributed by atoms with Crippen molar-refractivity contribution in [2.75, 3.05) is 0 Å². The highest BCUT2D eigenvalue weighted by molar-refractivity contribution is 6.25. The molecule has 0 saturated heterocycles. The predicted molar refractivity (Wildman–Crippen MR) is 50.3 cm³/mol. The van der Waals surface area contributed by atoms with Crippen LogP contribution in [0.3, 0.4) is 0 Å². The largest absolute Gasteiger partial charge is 0.392 e. The molecule has 3 nitrogen and oxygen atoms in total. The van der Waals surface area contributed by atoms with Gasteiger partial charge in [0.2, 0.25) is 0 Å². The minimum absolute atomic E-state index is 0.0443. The Balaban J connectivity index is 3.88. The number of carbonyl (C=O) groups is 2. The van der Waals surface area contributed by atoms with E-state index < -0.39 is 11.9 Å². The maximum Gasteiger partial charge on any atom is 0.197 e. The Labute approximate surface area is 79.1 Å². The van der Waals surface area contributed by atoms with Gasteiger partial charge in [-0.3, -0.25) is 9.59 Å². The molecule has 0 aromatic carbocycles. The lowest BCUT2D eigenvalue weighted by Crippen LogP contribution is -2.23. The van der Waals surface area contributed by atoms with Gasteiger partial charge in [0, 0.05) is 6.42 Å². The molecule has 0 radical (unpaired) electrons. The molecule has 2 atom stereocenters. The Hall–Kier alpha value is -0.700. The van der Waals surface area contributed by atoms with E-state index in [2.05, 4.69) is 13.8 Å². The summed E-state index contributed by atoms with van der Waals surface area (Å²) in [5, 5.41) is 9.49. The van der Waals surface area contributed by atoms with Crippen molar-refractivity contribution in [2.45, 2.75) is 39.7 Å². The number of ketones is 1. The molecule has 0 fully saturated rings. The van der Waals surface area contributed by atoms with Gasteiger partial charge in [-0.15, -0.1) is 0 Å². The fraction of sp³-hybridized carbons (Fsp3) is 0.800. The molecule has 0 aliphatic heterocycles. The van der Waals surface area contributed by atoms with E-state index in [1.807, 2.05) is 6.92 Å². The summed E-state index contributed by atoms with van der Waals surface area (Å²) in [7, 11) is 0. The number of rotatable bonds is 6. The maximum absolute atomic E-state index is 10.7. The molecule has 0 aromatic rings. The van der Waals surface area contributed by atoms with Gasteiger partial charge in [-0.2, -0.15) is 0 Å². The van der Waals surface area contributed by atoms with E-state index in [1.165, 1.54) is 0 Å². The first-order valence-corrected chi connectivity index (χ1v) is 4.63. The summed E-state index contributed by atoms with van der Waals surface area (Å²) in [6.45, 7) is 6.01. The zero-order valence-corrected chi connectivity index (χ0v) is 8.49. The molecule has 1 N–H and O–H groups in total. The second kappa shape index (κ2) is 5.86. The molecule has 0 aromatic heterocycles. The van der Waals surface area contributed by atoms with Crippen LogP contribution in [0.4, 0.5) is 0 Å². The summed E-state index contributed by atoms with van der Waals surface area (Å²) in [6.07, 6.45) is 0.413. The third-order valence-electron chi connectivity index (χ3n) is 2.04. The van der Waals surface area contributed by atoms with Gasteiger partial charge in [0.15, 0.2) is 12.1 Å². The van der Waals surface area contributed by atoms with Gasteiger partial charge >= 0.3 is 0 Å². The third kappa shape index (κ3) is 5.53. The van der Waals surface area contributed by atoms with Crippen molar-refractivity contribution in [2.24, 2.45) is 11.8 Å². The number of aldehydes is 1. The van der Waals surface area contributed by atoms with Crippen LogP contribution >= 0.6 is 0 Å². The third-order valence-corrected chi connectivity index (χ3v) is 2.04. The van der Waals surface area contributed by atoms with Crippen LogP contribution in [0.1, 0.15) is 33.6 Å². The lowest BCUT2D eigenvalue weighted by molar-refractivity contribution is -0.131. The van der Waals surface area contributed by atoms with E-state index in [0.717, 1.165) is 6.42 Å². The molecule has 0 saturated carbocycles. The van der Waals surface area contributed by atoms with E-state index in [1.54, 1.807) is 0 Å². The fourth-order valence-electron chi connectivity index (χ4n) is 1.36. The lowest BCUT2D eigenvalue weighted by atomic mass is 9.91. The Morgan fingerprint density at radius 3 is 2.31 bits per heavy atom. The molecule has 0 amide bonds. The summed E-state index contributed by atoms with van der Waals surface area (Å²) in [5.74, 6) is 0.0444. The normalized spacial score (nSPS) is 15.5. The van der Waals surface area contributed by atoms with Crippen molar-refractivity contribution >= 4 is 12.1 Å². The summed E-state index contributed by atoms with van der Waals surface area (Å²) in [4.78, 5) is 20.7. The zero-order chi connectivity index (χ0) is 10.4. The zero-order valence-electron chi connectivity index (χ0n) is 8.49. The van der Waals surface area contributed by atoms with E-state index >= 15 is 0 Å². The smallest absolute Gasteiger partial charge is 0.197 e. The molecule has 0 heterocycles. The van der Waals surface area contributed by atoms with Crippen LogP contribution in [-0.4, -0.2) is 23.3 Å². The van der Waals surface area contributed by atoms with Gasteiger partial charge in [-0.1, -0.05) is 20.8 Å². The molecular weight excluding hydrogens is 168 g/mol. The van der Waals surface area contributed by atoms with Crippen molar-refractivity contribution in [3.63, 3.8) is 0 Å². The molecule has 0 aliphatic carbocycles. The minimum Gasteiger partial charge on any atom is -0.392 e. The van der Waals surface area contributed by atoms with Crippen molar-refractivity contribution < 1.29 is 14.7 Å². The summed E-state index contributed by atoms with van der Waals surface area (Å²) in [5.41, 5.74) is 0. The molecule has 0 spiro atoms. The first-order chi connectivity index (χ1) is 5.97. The number of hydrogen-bond donors (Lipinski definition) is 1. The van der Waals surface area contributed by atoms with Gasteiger partial charge < -0.3 is 5.11 Å². The molecule has 0 bridgehead atoms.